The van der Waals surface area contributed by atoms with Crippen LogP contribution in [0.15, 0.2) is 60.8 Å². The van der Waals surface area contributed by atoms with Crippen molar-refractivity contribution >= 4 is 24.4 Å². The molecule has 0 unspecified atom stereocenters. The molecule has 156 valence electrons. The molecule has 2 amide bonds. The molecule has 0 aromatic heterocycles. The van der Waals surface area contributed by atoms with Gasteiger partial charge in [0.2, 0.25) is 11.8 Å². The van der Waals surface area contributed by atoms with Gasteiger partial charge in [-0.1, -0.05) is 67.7 Å². The number of carbonyl (C=O) groups excluding carboxylic acids is 2. The molecule has 0 aliphatic rings. The van der Waals surface area contributed by atoms with Crippen molar-refractivity contribution in [2.45, 2.75) is 64.3 Å². The standard InChI is InChI=1S/C23H36N2O2S/c1-2-3-4-5-6-7-8-9-10-11-12-13-14-15-16-17-18-19-22(26)25-21(20-28)23(24)27/h3-4,6-7,9-10,12-13,15-16,21,28H,2,5,8,11,14,17-20H2,1H3,(H2,24,27)(H,25,26)/b4-3-,7-6-,10-9-,13-12-,16-15-/t21-/m1/s1. The molecule has 0 aliphatic heterocycles. The highest BCUT2D eigenvalue weighted by molar-refractivity contribution is 7.80. The van der Waals surface area contributed by atoms with Crippen LogP contribution in [0.5, 0.6) is 0 Å². The minimum Gasteiger partial charge on any atom is -0.368 e. The minimum absolute atomic E-state index is 0.162. The summed E-state index contributed by atoms with van der Waals surface area (Å²) in [5.74, 6) is -0.498. The van der Waals surface area contributed by atoms with Crippen molar-refractivity contribution in [3.05, 3.63) is 60.8 Å². The topological polar surface area (TPSA) is 72.2 Å². The highest BCUT2D eigenvalue weighted by Crippen LogP contribution is 2.00. The summed E-state index contributed by atoms with van der Waals surface area (Å²) in [4.78, 5) is 22.7. The predicted octanol–water partition coefficient (Wildman–Crippen LogP) is 4.81. The van der Waals surface area contributed by atoms with Crippen molar-refractivity contribution in [2.24, 2.45) is 5.73 Å². The Kier molecular flexibility index (Phi) is 18.3. The first-order valence-electron chi connectivity index (χ1n) is 10.1. The summed E-state index contributed by atoms with van der Waals surface area (Å²) in [5.41, 5.74) is 5.16. The maximum absolute atomic E-state index is 11.7. The summed E-state index contributed by atoms with van der Waals surface area (Å²) in [7, 11) is 0. The van der Waals surface area contributed by atoms with Gasteiger partial charge in [-0.15, -0.1) is 0 Å². The van der Waals surface area contributed by atoms with Gasteiger partial charge in [-0.05, 0) is 44.9 Å². The Balaban J connectivity index is 3.66. The lowest BCUT2D eigenvalue weighted by atomic mass is 10.2. The van der Waals surface area contributed by atoms with Gasteiger partial charge in [0, 0.05) is 12.2 Å². The normalized spacial score (nSPS) is 13.5. The van der Waals surface area contributed by atoms with E-state index in [1.54, 1.807) is 0 Å². The lowest BCUT2D eigenvalue weighted by molar-refractivity contribution is -0.126. The SMILES string of the molecule is CC/C=C\C/C=C\C/C=C\C/C=C\C/C=C\CCCC(=O)N[C@H](CS)C(N)=O. The first-order chi connectivity index (χ1) is 13.6. The molecule has 28 heavy (non-hydrogen) atoms. The molecule has 0 fully saturated rings. The van der Waals surface area contributed by atoms with Crippen LogP contribution in [0.2, 0.25) is 0 Å². The highest BCUT2D eigenvalue weighted by atomic mass is 32.1. The smallest absolute Gasteiger partial charge is 0.240 e. The number of amides is 2. The second-order valence-corrected chi connectivity index (χ2v) is 6.67. The number of hydrogen-bond acceptors (Lipinski definition) is 3. The van der Waals surface area contributed by atoms with Crippen LogP contribution < -0.4 is 11.1 Å². The average molecular weight is 405 g/mol. The molecule has 0 aliphatic carbocycles. The van der Waals surface area contributed by atoms with E-state index < -0.39 is 11.9 Å². The maximum atomic E-state index is 11.7. The molecule has 0 rings (SSSR count). The predicted molar refractivity (Wildman–Crippen MR) is 123 cm³/mol. The molecule has 0 bridgehead atoms. The second kappa shape index (κ2) is 19.7. The molecule has 0 saturated carbocycles. The van der Waals surface area contributed by atoms with Gasteiger partial charge in [-0.3, -0.25) is 9.59 Å². The largest absolute Gasteiger partial charge is 0.368 e. The van der Waals surface area contributed by atoms with Crippen LogP contribution in [0, 0.1) is 0 Å². The molecular formula is C23H36N2O2S. The van der Waals surface area contributed by atoms with Crippen molar-refractivity contribution < 1.29 is 9.59 Å². The van der Waals surface area contributed by atoms with E-state index >= 15 is 0 Å². The molecule has 3 N–H and O–H groups in total. The van der Waals surface area contributed by atoms with Gasteiger partial charge in [0.1, 0.15) is 6.04 Å². The fourth-order valence-electron chi connectivity index (χ4n) is 2.22. The van der Waals surface area contributed by atoms with E-state index in [1.165, 1.54) is 0 Å². The molecule has 0 spiro atoms. The van der Waals surface area contributed by atoms with Crippen LogP contribution in [0.25, 0.3) is 0 Å². The zero-order valence-corrected chi connectivity index (χ0v) is 18.0. The Morgan fingerprint density at radius 2 is 1.32 bits per heavy atom. The van der Waals surface area contributed by atoms with Crippen molar-refractivity contribution in [1.29, 1.82) is 0 Å². The molecule has 0 aromatic carbocycles. The van der Waals surface area contributed by atoms with E-state index in [2.05, 4.69) is 85.6 Å². The van der Waals surface area contributed by atoms with Crippen molar-refractivity contribution in [1.82, 2.24) is 5.32 Å². The fraction of sp³-hybridized carbons (Fsp3) is 0.478. The van der Waals surface area contributed by atoms with E-state index in [9.17, 15) is 9.59 Å². The monoisotopic (exact) mass is 404 g/mol. The van der Waals surface area contributed by atoms with Gasteiger partial charge >= 0.3 is 0 Å². The first-order valence-corrected chi connectivity index (χ1v) is 10.7. The zero-order chi connectivity index (χ0) is 20.9. The number of nitrogens with one attached hydrogen (secondary N) is 1. The Hall–Kier alpha value is -2.01. The van der Waals surface area contributed by atoms with E-state index in [4.69, 9.17) is 5.73 Å². The van der Waals surface area contributed by atoms with Crippen LogP contribution in [0.1, 0.15) is 58.3 Å². The molecule has 0 radical (unpaired) electrons. The molecule has 0 aromatic rings. The maximum Gasteiger partial charge on any atom is 0.240 e. The summed E-state index contributed by atoms with van der Waals surface area (Å²) < 4.78 is 0. The van der Waals surface area contributed by atoms with Crippen LogP contribution in [-0.4, -0.2) is 23.6 Å². The average Bonchev–Trinajstić information content (AvgIpc) is 2.68. The third-order valence-electron chi connectivity index (χ3n) is 3.79. The molecule has 4 nitrogen and oxygen atoms in total. The lowest BCUT2D eigenvalue weighted by Crippen LogP contribution is -2.45. The Labute approximate surface area is 176 Å². The number of thiol groups is 1. The Morgan fingerprint density at radius 1 is 0.857 bits per heavy atom. The van der Waals surface area contributed by atoms with E-state index in [-0.39, 0.29) is 11.7 Å². The van der Waals surface area contributed by atoms with E-state index in [1.807, 2.05) is 0 Å². The van der Waals surface area contributed by atoms with Gasteiger partial charge < -0.3 is 11.1 Å². The zero-order valence-electron chi connectivity index (χ0n) is 17.1. The van der Waals surface area contributed by atoms with Crippen molar-refractivity contribution in [3.63, 3.8) is 0 Å². The number of carbonyl (C=O) groups is 2. The Morgan fingerprint density at radius 3 is 1.75 bits per heavy atom. The lowest BCUT2D eigenvalue weighted by Gasteiger charge is -2.12. The third kappa shape index (κ3) is 17.4. The first kappa shape index (κ1) is 26.0. The molecular weight excluding hydrogens is 368 g/mol. The number of unbranched alkanes of at least 4 members (excludes halogenated alkanes) is 1. The van der Waals surface area contributed by atoms with Gasteiger partial charge in [0.05, 0.1) is 0 Å². The summed E-state index contributed by atoms with van der Waals surface area (Å²) >= 11 is 3.99. The second-order valence-electron chi connectivity index (χ2n) is 6.31. The molecule has 5 heteroatoms. The number of primary amides is 1. The quantitative estimate of drug-likeness (QED) is 0.196. The van der Waals surface area contributed by atoms with Crippen LogP contribution in [-0.2, 0) is 9.59 Å². The van der Waals surface area contributed by atoms with Gasteiger partial charge in [0.25, 0.3) is 0 Å². The number of allylic oxidation sites excluding steroid dienone is 10. The van der Waals surface area contributed by atoms with Crippen LogP contribution in [0.4, 0.5) is 0 Å². The number of hydrogen-bond donors (Lipinski definition) is 3. The number of rotatable bonds is 16. The van der Waals surface area contributed by atoms with Gasteiger partial charge in [0.15, 0.2) is 0 Å². The van der Waals surface area contributed by atoms with Crippen LogP contribution in [0.3, 0.4) is 0 Å². The van der Waals surface area contributed by atoms with Crippen molar-refractivity contribution in [2.75, 3.05) is 5.75 Å². The van der Waals surface area contributed by atoms with E-state index in [0.717, 1.165) is 44.9 Å². The van der Waals surface area contributed by atoms with Gasteiger partial charge in [-0.2, -0.15) is 12.6 Å². The number of nitrogens with two attached hydrogens (primary N) is 1. The summed E-state index contributed by atoms with van der Waals surface area (Å²) in [6, 6.07) is -0.690. The summed E-state index contributed by atoms with van der Waals surface area (Å²) in [5, 5.41) is 2.58. The summed E-state index contributed by atoms with van der Waals surface area (Å²) in [6.45, 7) is 2.14. The van der Waals surface area contributed by atoms with Gasteiger partial charge in [-0.25, -0.2) is 0 Å². The molecule has 1 atom stereocenters. The molecule has 0 saturated heterocycles. The third-order valence-corrected chi connectivity index (χ3v) is 4.16. The van der Waals surface area contributed by atoms with E-state index in [0.29, 0.717) is 6.42 Å². The minimum atomic E-state index is -0.690. The summed E-state index contributed by atoms with van der Waals surface area (Å²) in [6.07, 6.45) is 28.5. The fourth-order valence-corrected chi connectivity index (χ4v) is 2.49. The molecule has 0 heterocycles. The van der Waals surface area contributed by atoms with Crippen LogP contribution >= 0.6 is 12.6 Å². The van der Waals surface area contributed by atoms with Crippen molar-refractivity contribution in [3.8, 4) is 0 Å². The highest BCUT2D eigenvalue weighted by Gasteiger charge is 2.15. The Bertz CT molecular complexity index is 563.